The first kappa shape index (κ1) is 105. The van der Waals surface area contributed by atoms with E-state index in [1.807, 2.05) is 0 Å². The number of H-pyrrole nitrogens is 2. The number of carboxylic acids is 2. The van der Waals surface area contributed by atoms with Crippen molar-refractivity contribution >= 4 is 146 Å². The summed E-state index contributed by atoms with van der Waals surface area (Å²) >= 11 is 0.744. The number of unbranched alkanes of at least 4 members (excludes halogenated alkanes) is 2. The van der Waals surface area contributed by atoms with Gasteiger partial charge in [-0.3, -0.25) is 91.1 Å². The number of thioether (sulfide) groups is 1. The summed E-state index contributed by atoms with van der Waals surface area (Å²) in [6, 6.07) is -4.40. The molecule has 15 atom stereocenters. The summed E-state index contributed by atoms with van der Waals surface area (Å²) in [5, 5.41) is 79.6. The van der Waals surface area contributed by atoms with Gasteiger partial charge in [-0.25, -0.2) is 4.98 Å². The number of carbonyl (C=O) groups is 19. The van der Waals surface area contributed by atoms with Crippen LogP contribution in [0.15, 0.2) is 97.7 Å². The quantitative estimate of drug-likeness (QED) is 0.0261. The van der Waals surface area contributed by atoms with Gasteiger partial charge in [-0.2, -0.15) is 0 Å². The number of aromatic hydroxyl groups is 1. The van der Waals surface area contributed by atoms with Crippen LogP contribution in [0.4, 0.5) is 0 Å². The number of rotatable bonds is 25. The minimum atomic E-state index is -2.00. The fourth-order valence-electron chi connectivity index (χ4n) is 16.4. The lowest BCUT2D eigenvalue weighted by atomic mass is 10.00. The summed E-state index contributed by atoms with van der Waals surface area (Å²) in [6.07, 6.45) is 1.17. The lowest BCUT2D eigenvalue weighted by Crippen LogP contribution is -2.61. The highest BCUT2D eigenvalue weighted by Gasteiger charge is 2.47. The molecule has 3 aromatic heterocycles. The number of benzene rings is 3. The predicted molar refractivity (Wildman–Crippen MR) is 485 cm³/mol. The molecule has 3 fully saturated rings. The number of likely N-dealkylation sites (N-methyl/N-ethyl adjacent to an activating group) is 3. The topological polar surface area (TPSA) is 663 Å². The molecular weight excluding hydrogens is 1780 g/mol. The molecule has 730 valence electrons. The number of aromatic amines is 2. The number of aliphatic carboxylic acids is 2. The van der Waals surface area contributed by atoms with E-state index in [1.54, 1.807) is 62.4 Å². The molecule has 3 aliphatic rings. The third-order valence-electron chi connectivity index (χ3n) is 23.9. The summed E-state index contributed by atoms with van der Waals surface area (Å²) in [5.41, 5.74) is 13.3. The fraction of sp³-hybridized carbons (Fsp3) is 0.506. The number of nitrogens with one attached hydrogen (secondary N) is 12. The van der Waals surface area contributed by atoms with Crippen molar-refractivity contribution in [2.45, 2.75) is 228 Å². The van der Waals surface area contributed by atoms with E-state index in [9.17, 15) is 83.1 Å². The van der Waals surface area contributed by atoms with Crippen LogP contribution in [0, 0.1) is 0 Å². The predicted octanol–water partition coefficient (Wildman–Crippen LogP) is -3.80. The van der Waals surface area contributed by atoms with Crippen LogP contribution >= 0.6 is 11.8 Å². The highest BCUT2D eigenvalue weighted by Crippen LogP contribution is 2.29. The van der Waals surface area contributed by atoms with Crippen LogP contribution in [0.5, 0.6) is 5.75 Å². The van der Waals surface area contributed by atoms with Gasteiger partial charge in [0.25, 0.3) is 0 Å². The molecule has 3 saturated heterocycles. The number of amides is 17. The van der Waals surface area contributed by atoms with Gasteiger partial charge in [0, 0.05) is 125 Å². The number of para-hydroxylation sites is 2. The standard InChI is InChI=1S/C89H119N21O24S/c1-8-10-20-67-82(127)96-47(3)76(121)104-65(78(123)94-39-72(91)115)44-135-45-73(116)97-61(31-49-24-26-53(112)27-25-49)85(130)105(5)48(4)77(122)101-63(36-74(117)118)88(133)109-30-16-23-68(109)83(128)100-60(34-52-38-92-46-95-52)80(125)98-58(28-29-71(90)114)87(132)110-41-54(113)35-70(110)84(129)99-59(32-50-37-93-57-19-14-12-17-55(50)57)79(124)103-64(43-111)81(126)102-62(86(131)107(7)69(21-11-9-2)89(134)106(67)6)33-51-40-108(42-75(119)120)66-22-15-13-18-56(51)66/h12-15,17-19,22,24-27,37-38,40,46-48,54,58-65,67-70,93,111-113H,8-11,16,20-21,23,28-36,39,41-45H2,1-7H3,(H2,90,114)(H2,91,115)(H,92,95)(H,94,123)(H,96,127)(H,97,116)(H,98,125)(H,99,129)(H,100,128)(H,101,122)(H,102,126)(H,103,124)(H,104,121)(H,117,118)(H,119,120)/t47-,48-,54+,58-,59-,60-,61-,62-,63+,64-,65-,67-,68-,69-,70-/m0/s1. The molecule has 0 unspecified atom stereocenters. The third-order valence-corrected chi connectivity index (χ3v) is 24.9. The Bertz CT molecular complexity index is 5320. The Balaban J connectivity index is 1.10. The van der Waals surface area contributed by atoms with E-state index in [0.717, 1.165) is 36.3 Å². The number of hydrogen-bond acceptors (Lipinski definition) is 24. The van der Waals surface area contributed by atoms with Gasteiger partial charge in [0.2, 0.25) is 100 Å². The summed E-state index contributed by atoms with van der Waals surface area (Å²) in [6.45, 7) is 2.80. The number of primary amides is 2. The summed E-state index contributed by atoms with van der Waals surface area (Å²) in [4.78, 5) is 288. The highest BCUT2D eigenvalue weighted by molar-refractivity contribution is 8.00. The molecule has 0 aliphatic carbocycles. The first-order valence-corrected chi connectivity index (χ1v) is 45.5. The zero-order chi connectivity index (χ0) is 98.8. The Kier molecular flexibility index (Phi) is 38.1. The molecule has 0 bridgehead atoms. The fourth-order valence-corrected chi connectivity index (χ4v) is 17.3. The van der Waals surface area contributed by atoms with E-state index in [-0.39, 0.29) is 56.5 Å². The molecule has 3 aromatic carbocycles. The van der Waals surface area contributed by atoms with Gasteiger partial charge < -0.3 is 129 Å². The van der Waals surface area contributed by atoms with E-state index in [2.05, 4.69) is 68.1 Å². The Morgan fingerprint density at radius 3 is 1.79 bits per heavy atom. The molecule has 0 spiro atoms. The Labute approximate surface area is 780 Å². The van der Waals surface area contributed by atoms with Crippen LogP contribution in [-0.2, 0) is 123 Å². The first-order valence-electron chi connectivity index (χ1n) is 44.4. The van der Waals surface area contributed by atoms with Crippen molar-refractivity contribution in [2.75, 3.05) is 58.9 Å². The summed E-state index contributed by atoms with van der Waals surface area (Å²) < 4.78 is 1.39. The molecule has 9 rings (SSSR count). The molecule has 0 radical (unpaired) electrons. The Hall–Kier alpha value is -14.1. The number of hydrogen-bond donors (Lipinski definition) is 19. The Morgan fingerprint density at radius 2 is 1.14 bits per heavy atom. The maximum absolute atomic E-state index is 15.8. The number of aliphatic hydroxyl groups is 2. The molecule has 21 N–H and O–H groups in total. The van der Waals surface area contributed by atoms with Crippen LogP contribution in [0.25, 0.3) is 21.8 Å². The zero-order valence-corrected chi connectivity index (χ0v) is 76.7. The molecule has 17 amide bonds. The van der Waals surface area contributed by atoms with E-state index in [4.69, 9.17) is 11.5 Å². The highest BCUT2D eigenvalue weighted by atomic mass is 32.2. The molecule has 45 nitrogen and oxygen atoms in total. The number of carboxylic acid groups (broad SMARTS) is 2. The number of aliphatic hydroxyl groups excluding tert-OH is 2. The number of imidazole rings is 1. The number of fused-ring (bicyclic) bond motifs is 4. The molecule has 6 heterocycles. The molecule has 6 aromatic rings. The van der Waals surface area contributed by atoms with Crippen molar-refractivity contribution in [1.29, 1.82) is 0 Å². The first-order chi connectivity index (χ1) is 64.2. The molecule has 0 saturated carbocycles. The SMILES string of the molecule is CCCC[C@H]1C(=O)N(C)[C@@H](CCCC)C(=O)N[C@@H](C)C(=O)N[C@H](C(=O)NCC(N)=O)CSCC(=O)N[C@@H](Cc2ccc(O)cc2)C(=O)N(C)[C@@H](C)C(=O)N[C@H](CC(=O)O)C(=O)N2CCC[C@H]2C(=O)N[C@@H](Cc2cnc[nH]2)C(=O)N[C@@H](CCC(N)=O)C(=O)N2C[C@H](O)C[C@H]2C(=O)N[C@@H](Cc2c[nH]c3ccccc23)C(=O)N[C@@H](CO)C(=O)N[C@@H](Cc2cn(CC(=O)O)c3ccccc23)C(=O)N1C. The van der Waals surface area contributed by atoms with E-state index >= 15 is 33.6 Å². The molecular formula is C89H119N21O24S. The summed E-state index contributed by atoms with van der Waals surface area (Å²) in [7, 11) is 3.75. The van der Waals surface area contributed by atoms with Gasteiger partial charge in [0.05, 0.1) is 37.8 Å². The monoisotopic (exact) mass is 1900 g/mol. The van der Waals surface area contributed by atoms with Crippen LogP contribution in [0.3, 0.4) is 0 Å². The third kappa shape index (κ3) is 28.5. The van der Waals surface area contributed by atoms with Gasteiger partial charge in [0.1, 0.15) is 96.9 Å². The second-order valence-corrected chi connectivity index (χ2v) is 34.8. The average Bonchev–Trinajstić information content (AvgIpc) is 1.65. The zero-order valence-electron chi connectivity index (χ0n) is 75.8. The van der Waals surface area contributed by atoms with Crippen LogP contribution in [0.1, 0.15) is 127 Å². The van der Waals surface area contributed by atoms with Crippen LogP contribution in [0.2, 0.25) is 0 Å². The van der Waals surface area contributed by atoms with Crippen molar-refractivity contribution in [3.05, 3.63) is 120 Å². The van der Waals surface area contributed by atoms with Crippen molar-refractivity contribution in [3.63, 3.8) is 0 Å². The smallest absolute Gasteiger partial charge is 0.323 e. The van der Waals surface area contributed by atoms with E-state index < -0.39 is 286 Å². The minimum absolute atomic E-state index is 0.0307. The number of phenolic OH excluding ortho intramolecular Hbond substituents is 1. The van der Waals surface area contributed by atoms with Crippen LogP contribution in [-0.4, -0.2) is 331 Å². The van der Waals surface area contributed by atoms with Gasteiger partial charge >= 0.3 is 11.9 Å². The maximum Gasteiger partial charge on any atom is 0.323 e. The van der Waals surface area contributed by atoms with Gasteiger partial charge in [-0.1, -0.05) is 88.1 Å². The van der Waals surface area contributed by atoms with Gasteiger partial charge in [-0.15, -0.1) is 11.8 Å². The van der Waals surface area contributed by atoms with E-state index in [1.165, 1.54) is 88.7 Å². The lowest BCUT2D eigenvalue weighted by Gasteiger charge is -2.36. The van der Waals surface area contributed by atoms with Gasteiger partial charge in [-0.05, 0) is 86.9 Å². The second kappa shape index (κ2) is 49.1. The largest absolute Gasteiger partial charge is 0.508 e. The minimum Gasteiger partial charge on any atom is -0.508 e. The molecule has 46 heteroatoms. The van der Waals surface area contributed by atoms with Crippen LogP contribution < -0.4 is 64.6 Å². The number of nitrogens with zero attached hydrogens (tertiary/aromatic N) is 7. The van der Waals surface area contributed by atoms with E-state index in [0.29, 0.717) is 57.8 Å². The van der Waals surface area contributed by atoms with Crippen molar-refractivity contribution in [2.24, 2.45) is 11.5 Å². The number of phenols is 1. The second-order valence-electron chi connectivity index (χ2n) is 33.8. The number of aromatic nitrogens is 4. The maximum atomic E-state index is 15.8. The average molecular weight is 1900 g/mol. The van der Waals surface area contributed by atoms with Crippen molar-refractivity contribution in [1.82, 2.24) is 97.2 Å². The van der Waals surface area contributed by atoms with Gasteiger partial charge in [0.15, 0.2) is 0 Å². The number of nitrogens with two attached hydrogens (primary N) is 2. The summed E-state index contributed by atoms with van der Waals surface area (Å²) in [5.74, 6) is -21.3. The normalized spacial score (nSPS) is 24.7. The van der Waals surface area contributed by atoms with Crippen molar-refractivity contribution < 1.29 is 117 Å². The molecule has 3 aliphatic heterocycles. The molecule has 135 heavy (non-hydrogen) atoms. The number of carbonyl (C=O) groups excluding carboxylic acids is 17. The Morgan fingerprint density at radius 1 is 0.556 bits per heavy atom. The van der Waals surface area contributed by atoms with Crippen molar-refractivity contribution in [3.8, 4) is 5.75 Å². The lowest BCUT2D eigenvalue weighted by molar-refractivity contribution is -0.149.